The van der Waals surface area contributed by atoms with Gasteiger partial charge in [0.1, 0.15) is 6.33 Å². The Kier molecular flexibility index (Phi) is 3.46. The maximum absolute atomic E-state index is 4.54. The van der Waals surface area contributed by atoms with Gasteiger partial charge >= 0.3 is 0 Å². The van der Waals surface area contributed by atoms with E-state index < -0.39 is 0 Å². The third-order valence-electron chi connectivity index (χ3n) is 4.50. The molecule has 3 aromatic rings. The van der Waals surface area contributed by atoms with E-state index in [-0.39, 0.29) is 0 Å². The van der Waals surface area contributed by atoms with E-state index in [1.807, 2.05) is 16.8 Å². The van der Waals surface area contributed by atoms with Crippen molar-refractivity contribution in [1.29, 1.82) is 0 Å². The van der Waals surface area contributed by atoms with Crippen molar-refractivity contribution in [3.8, 4) is 0 Å². The molecule has 1 aliphatic heterocycles. The van der Waals surface area contributed by atoms with Crippen molar-refractivity contribution in [3.05, 3.63) is 54.6 Å². The summed E-state index contributed by atoms with van der Waals surface area (Å²) < 4.78 is 1.93. The van der Waals surface area contributed by atoms with Gasteiger partial charge in [0.25, 0.3) is 0 Å². The van der Waals surface area contributed by atoms with E-state index in [1.165, 1.54) is 18.4 Å². The Morgan fingerprint density at radius 2 is 1.95 bits per heavy atom. The number of anilines is 1. The van der Waals surface area contributed by atoms with Crippen LogP contribution in [0, 0.1) is 0 Å². The third kappa shape index (κ3) is 2.43. The van der Waals surface area contributed by atoms with Crippen molar-refractivity contribution in [2.24, 2.45) is 0 Å². The summed E-state index contributed by atoms with van der Waals surface area (Å²) in [6, 6.07) is 10.9. The van der Waals surface area contributed by atoms with E-state index in [9.17, 15) is 0 Å². The summed E-state index contributed by atoms with van der Waals surface area (Å²) in [4.78, 5) is 6.90. The predicted octanol–water partition coefficient (Wildman–Crippen LogP) is 2.90. The molecule has 1 aromatic carbocycles. The maximum atomic E-state index is 4.54. The van der Waals surface area contributed by atoms with Crippen LogP contribution in [0.2, 0.25) is 0 Å². The summed E-state index contributed by atoms with van der Waals surface area (Å²) in [5.41, 5.74) is 2.30. The molecule has 0 bridgehead atoms. The first-order valence-corrected chi connectivity index (χ1v) is 7.86. The van der Waals surface area contributed by atoms with E-state index in [0.29, 0.717) is 5.92 Å². The Bertz CT molecular complexity index is 752. The second-order valence-electron chi connectivity index (χ2n) is 5.84. The van der Waals surface area contributed by atoms with Gasteiger partial charge in [0, 0.05) is 25.5 Å². The molecule has 3 heterocycles. The van der Waals surface area contributed by atoms with Crippen molar-refractivity contribution in [2.45, 2.75) is 25.2 Å². The van der Waals surface area contributed by atoms with Gasteiger partial charge in [0.15, 0.2) is 5.82 Å². The van der Waals surface area contributed by atoms with Crippen molar-refractivity contribution in [3.63, 3.8) is 0 Å². The number of aromatic nitrogens is 4. The second-order valence-corrected chi connectivity index (χ2v) is 5.84. The van der Waals surface area contributed by atoms with Crippen LogP contribution in [0.4, 0.5) is 5.82 Å². The minimum atomic E-state index is 0.642. The van der Waals surface area contributed by atoms with Crippen molar-refractivity contribution < 1.29 is 0 Å². The normalized spacial score (nSPS) is 19.3. The van der Waals surface area contributed by atoms with Crippen LogP contribution in [0.5, 0.6) is 0 Å². The van der Waals surface area contributed by atoms with E-state index in [0.717, 1.165) is 31.0 Å². The molecule has 0 unspecified atom stereocenters. The number of hydrogen-bond donors (Lipinski definition) is 0. The summed E-state index contributed by atoms with van der Waals surface area (Å²) in [6.07, 6.45) is 9.01. The average Bonchev–Trinajstić information content (AvgIpc) is 2.92. The molecule has 0 aliphatic carbocycles. The Morgan fingerprint density at radius 3 is 2.86 bits per heavy atom. The van der Waals surface area contributed by atoms with E-state index >= 15 is 0 Å². The molecule has 0 N–H and O–H groups in total. The maximum Gasteiger partial charge on any atom is 0.203 e. The van der Waals surface area contributed by atoms with Crippen LogP contribution < -0.4 is 4.90 Å². The topological polar surface area (TPSA) is 46.3 Å². The molecule has 0 saturated carbocycles. The van der Waals surface area contributed by atoms with Gasteiger partial charge in [0.2, 0.25) is 5.65 Å². The van der Waals surface area contributed by atoms with Crippen LogP contribution >= 0.6 is 0 Å². The van der Waals surface area contributed by atoms with Gasteiger partial charge in [-0.15, -0.1) is 10.2 Å². The zero-order valence-corrected chi connectivity index (χ0v) is 12.5. The summed E-state index contributed by atoms with van der Waals surface area (Å²) >= 11 is 0. The van der Waals surface area contributed by atoms with Gasteiger partial charge < -0.3 is 4.90 Å². The Morgan fingerprint density at radius 1 is 1.05 bits per heavy atom. The fourth-order valence-corrected chi connectivity index (χ4v) is 3.34. The highest BCUT2D eigenvalue weighted by Gasteiger charge is 2.21. The summed E-state index contributed by atoms with van der Waals surface area (Å²) in [6.45, 7) is 2.04. The first-order valence-electron chi connectivity index (χ1n) is 7.86. The van der Waals surface area contributed by atoms with Gasteiger partial charge in [-0.3, -0.25) is 4.40 Å². The van der Waals surface area contributed by atoms with Crippen LogP contribution in [0.25, 0.3) is 5.65 Å². The molecule has 1 atom stereocenters. The van der Waals surface area contributed by atoms with Gasteiger partial charge in [0.05, 0.1) is 0 Å². The molecule has 0 amide bonds. The molecule has 5 heteroatoms. The second kappa shape index (κ2) is 5.75. The summed E-state index contributed by atoms with van der Waals surface area (Å²) in [5, 5.41) is 8.20. The van der Waals surface area contributed by atoms with Gasteiger partial charge in [-0.25, -0.2) is 4.98 Å². The standard InChI is InChI=1S/C17H19N5/c1-2-5-14(6-3-1)15-7-4-10-21(11-8-15)16-17-20-19-13-22(17)12-9-18-16/h1-3,5-6,9,12-13,15H,4,7-8,10-11H2/t15-/m1/s1. The van der Waals surface area contributed by atoms with Gasteiger partial charge in [-0.05, 0) is 30.7 Å². The van der Waals surface area contributed by atoms with E-state index in [1.54, 1.807) is 6.33 Å². The first-order chi connectivity index (χ1) is 10.9. The lowest BCUT2D eigenvalue weighted by Crippen LogP contribution is -2.25. The molecular formula is C17H19N5. The highest BCUT2D eigenvalue weighted by Crippen LogP contribution is 2.30. The molecule has 1 aliphatic rings. The minimum absolute atomic E-state index is 0.642. The molecular weight excluding hydrogens is 274 g/mol. The molecule has 1 saturated heterocycles. The smallest absolute Gasteiger partial charge is 0.203 e. The molecule has 112 valence electrons. The van der Waals surface area contributed by atoms with Crippen molar-refractivity contribution in [1.82, 2.24) is 19.6 Å². The highest BCUT2D eigenvalue weighted by atomic mass is 15.3. The molecule has 22 heavy (non-hydrogen) atoms. The quantitative estimate of drug-likeness (QED) is 0.729. The lowest BCUT2D eigenvalue weighted by atomic mass is 9.92. The average molecular weight is 293 g/mol. The van der Waals surface area contributed by atoms with Crippen LogP contribution in [-0.2, 0) is 0 Å². The fourth-order valence-electron chi connectivity index (χ4n) is 3.34. The zero-order valence-electron chi connectivity index (χ0n) is 12.5. The lowest BCUT2D eigenvalue weighted by Gasteiger charge is -2.21. The molecule has 5 nitrogen and oxygen atoms in total. The zero-order chi connectivity index (χ0) is 14.8. The number of nitrogens with zero attached hydrogens (tertiary/aromatic N) is 5. The molecule has 0 radical (unpaired) electrons. The SMILES string of the molecule is c1ccc([C@@H]2CCCN(c3nccn4cnnc34)CC2)cc1. The predicted molar refractivity (Wildman–Crippen MR) is 86.0 cm³/mol. The number of fused-ring (bicyclic) bond motifs is 1. The molecule has 2 aromatic heterocycles. The molecule has 1 fully saturated rings. The molecule has 4 rings (SSSR count). The van der Waals surface area contributed by atoms with E-state index in [4.69, 9.17) is 0 Å². The van der Waals surface area contributed by atoms with Crippen molar-refractivity contribution >= 4 is 11.5 Å². The largest absolute Gasteiger partial charge is 0.353 e. The van der Waals surface area contributed by atoms with E-state index in [2.05, 4.69) is 50.4 Å². The first kappa shape index (κ1) is 13.2. The van der Waals surface area contributed by atoms with Crippen LogP contribution in [-0.4, -0.2) is 32.7 Å². The highest BCUT2D eigenvalue weighted by molar-refractivity contribution is 5.63. The summed E-state index contributed by atoms with van der Waals surface area (Å²) in [5.74, 6) is 1.59. The fraction of sp³-hybridized carbons (Fsp3) is 0.353. The van der Waals surface area contributed by atoms with Gasteiger partial charge in [-0.2, -0.15) is 0 Å². The van der Waals surface area contributed by atoms with Gasteiger partial charge in [-0.1, -0.05) is 30.3 Å². The summed E-state index contributed by atoms with van der Waals surface area (Å²) in [7, 11) is 0. The van der Waals surface area contributed by atoms with Crippen LogP contribution in [0.15, 0.2) is 49.1 Å². The monoisotopic (exact) mass is 293 g/mol. The number of benzene rings is 1. The molecule has 0 spiro atoms. The number of rotatable bonds is 2. The third-order valence-corrected chi connectivity index (χ3v) is 4.50. The lowest BCUT2D eigenvalue weighted by molar-refractivity contribution is 0.612. The Balaban J connectivity index is 1.57. The van der Waals surface area contributed by atoms with Crippen LogP contribution in [0.3, 0.4) is 0 Å². The Labute approximate surface area is 129 Å². The Hall–Kier alpha value is -2.43. The van der Waals surface area contributed by atoms with Crippen molar-refractivity contribution in [2.75, 3.05) is 18.0 Å². The minimum Gasteiger partial charge on any atom is -0.353 e. The number of hydrogen-bond acceptors (Lipinski definition) is 4. The van der Waals surface area contributed by atoms with Crippen LogP contribution in [0.1, 0.15) is 30.7 Å².